The van der Waals surface area contributed by atoms with E-state index >= 15 is 0 Å². The van der Waals surface area contributed by atoms with Crippen molar-refractivity contribution >= 4 is 44.4 Å². The largest absolute Gasteiger partial charge is 0.487 e. The van der Waals surface area contributed by atoms with Gasteiger partial charge in [-0.2, -0.15) is 0 Å². The lowest BCUT2D eigenvalue weighted by atomic mass is 10.1. The molecule has 2 N–H and O–H groups in total. The van der Waals surface area contributed by atoms with Crippen molar-refractivity contribution in [1.29, 1.82) is 0 Å². The van der Waals surface area contributed by atoms with Crippen LogP contribution in [0.25, 0.3) is 11.3 Å². The molecule has 0 aliphatic carbocycles. The Morgan fingerprint density at radius 3 is 2.60 bits per heavy atom. The molecule has 0 saturated heterocycles. The van der Waals surface area contributed by atoms with Gasteiger partial charge in [-0.05, 0) is 42.0 Å². The number of thiophene rings is 1. The number of sulfone groups is 1. The Bertz CT molecular complexity index is 1470. The first kappa shape index (κ1) is 24.9. The first-order chi connectivity index (χ1) is 16.7. The molecule has 0 aliphatic heterocycles. The van der Waals surface area contributed by atoms with Crippen LogP contribution in [0.15, 0.2) is 77.8 Å². The van der Waals surface area contributed by atoms with Gasteiger partial charge in [0.1, 0.15) is 18.1 Å². The summed E-state index contributed by atoms with van der Waals surface area (Å²) in [4.78, 5) is 18.2. The van der Waals surface area contributed by atoms with E-state index in [4.69, 9.17) is 16.3 Å². The summed E-state index contributed by atoms with van der Waals surface area (Å²) in [7, 11) is -3.51. The summed E-state index contributed by atoms with van der Waals surface area (Å²) in [6.07, 6.45) is 2.68. The molecule has 4 aromatic rings. The summed E-state index contributed by atoms with van der Waals surface area (Å²) < 4.78 is 29.8. The SMILES string of the molecule is CS(=O)(=O)c1cc(Cl)cc(NC(=O)c2cc(-c3ncccc3OCc3ccccc3)c(CO)s2)c1. The molecule has 0 bridgehead atoms. The normalized spacial score (nSPS) is 11.3. The molecule has 0 radical (unpaired) electrons. The van der Waals surface area contributed by atoms with Crippen LogP contribution in [0, 0.1) is 0 Å². The second-order valence-electron chi connectivity index (χ2n) is 7.63. The van der Waals surface area contributed by atoms with Gasteiger partial charge in [0.15, 0.2) is 9.84 Å². The van der Waals surface area contributed by atoms with E-state index in [9.17, 15) is 18.3 Å². The zero-order chi connectivity index (χ0) is 25.0. The lowest BCUT2D eigenvalue weighted by Crippen LogP contribution is -2.11. The highest BCUT2D eigenvalue weighted by Crippen LogP contribution is 2.36. The molecular weight excluding hydrogens is 508 g/mol. The summed E-state index contributed by atoms with van der Waals surface area (Å²) in [5.41, 5.74) is 2.32. The summed E-state index contributed by atoms with van der Waals surface area (Å²) in [6.45, 7) is 0.0419. The molecule has 4 rings (SSSR count). The fourth-order valence-corrected chi connectivity index (χ4v) is 5.24. The van der Waals surface area contributed by atoms with Crippen LogP contribution in [-0.4, -0.2) is 30.7 Å². The second-order valence-corrected chi connectivity index (χ2v) is 11.2. The first-order valence-electron chi connectivity index (χ1n) is 10.4. The Labute approximate surface area is 211 Å². The molecule has 35 heavy (non-hydrogen) atoms. The van der Waals surface area contributed by atoms with Crippen LogP contribution in [-0.2, 0) is 23.1 Å². The number of aromatic nitrogens is 1. The number of carbonyl (C=O) groups is 1. The molecule has 2 aromatic heterocycles. The Hall–Kier alpha value is -3.24. The van der Waals surface area contributed by atoms with Gasteiger partial charge >= 0.3 is 0 Å². The van der Waals surface area contributed by atoms with Gasteiger partial charge < -0.3 is 15.2 Å². The van der Waals surface area contributed by atoms with Crippen molar-refractivity contribution in [3.63, 3.8) is 0 Å². The zero-order valence-corrected chi connectivity index (χ0v) is 21.0. The molecule has 180 valence electrons. The highest BCUT2D eigenvalue weighted by atomic mass is 35.5. The topological polar surface area (TPSA) is 106 Å². The van der Waals surface area contributed by atoms with E-state index in [-0.39, 0.29) is 22.2 Å². The van der Waals surface area contributed by atoms with E-state index in [0.717, 1.165) is 23.2 Å². The fourth-order valence-electron chi connectivity index (χ4n) is 3.34. The van der Waals surface area contributed by atoms with Crippen LogP contribution in [0.5, 0.6) is 5.75 Å². The molecule has 2 aromatic carbocycles. The van der Waals surface area contributed by atoms with Crippen LogP contribution in [0.4, 0.5) is 5.69 Å². The number of rotatable bonds is 8. The van der Waals surface area contributed by atoms with E-state index in [1.807, 2.05) is 30.3 Å². The number of carbonyl (C=O) groups excluding carboxylic acids is 1. The highest BCUT2D eigenvalue weighted by molar-refractivity contribution is 7.90. The van der Waals surface area contributed by atoms with Gasteiger partial charge in [0.25, 0.3) is 5.91 Å². The number of amides is 1. The third kappa shape index (κ3) is 6.07. The minimum absolute atomic E-state index is 0.00286. The van der Waals surface area contributed by atoms with Crippen molar-refractivity contribution in [2.75, 3.05) is 11.6 Å². The third-order valence-electron chi connectivity index (χ3n) is 5.00. The van der Waals surface area contributed by atoms with Crippen molar-refractivity contribution in [2.45, 2.75) is 18.1 Å². The third-order valence-corrected chi connectivity index (χ3v) is 7.43. The van der Waals surface area contributed by atoms with E-state index in [2.05, 4.69) is 10.3 Å². The Morgan fingerprint density at radius 2 is 1.89 bits per heavy atom. The van der Waals surface area contributed by atoms with Crippen LogP contribution in [0.3, 0.4) is 0 Å². The molecule has 2 heterocycles. The van der Waals surface area contributed by atoms with Crippen LogP contribution >= 0.6 is 22.9 Å². The van der Waals surface area contributed by atoms with Crippen LogP contribution in [0.1, 0.15) is 20.1 Å². The standard InChI is InChI=1S/C25H21ClN2O5S2/c1-35(31,32)19-11-17(26)10-18(12-19)28-25(30)22-13-20(23(14-29)34-22)24-21(8-5-9-27-24)33-15-16-6-3-2-4-7-16/h2-13,29H,14-15H2,1H3,(H,28,30). The number of hydrogen-bond acceptors (Lipinski definition) is 7. The molecule has 0 unspecified atom stereocenters. The van der Waals surface area contributed by atoms with Crippen molar-refractivity contribution < 1.29 is 23.1 Å². The predicted octanol–water partition coefficient (Wildman–Crippen LogP) is 5.19. The lowest BCUT2D eigenvalue weighted by Gasteiger charge is -2.11. The van der Waals surface area contributed by atoms with Gasteiger partial charge in [0.2, 0.25) is 0 Å². The molecule has 10 heteroatoms. The summed E-state index contributed by atoms with van der Waals surface area (Å²) >= 11 is 7.15. The summed E-state index contributed by atoms with van der Waals surface area (Å²) in [6, 6.07) is 19.0. The monoisotopic (exact) mass is 528 g/mol. The summed E-state index contributed by atoms with van der Waals surface area (Å²) in [5, 5.41) is 12.8. The Balaban J connectivity index is 1.61. The van der Waals surface area contributed by atoms with E-state index < -0.39 is 15.7 Å². The maximum Gasteiger partial charge on any atom is 0.265 e. The maximum absolute atomic E-state index is 13.0. The van der Waals surface area contributed by atoms with Gasteiger partial charge in [-0.15, -0.1) is 11.3 Å². The molecule has 0 saturated carbocycles. The van der Waals surface area contributed by atoms with E-state index in [1.54, 1.807) is 24.4 Å². The average Bonchev–Trinajstić information content (AvgIpc) is 3.27. The fraction of sp³-hybridized carbons (Fsp3) is 0.120. The predicted molar refractivity (Wildman–Crippen MR) is 137 cm³/mol. The minimum atomic E-state index is -3.51. The highest BCUT2D eigenvalue weighted by Gasteiger charge is 2.20. The number of ether oxygens (including phenoxy) is 1. The van der Waals surface area contributed by atoms with Gasteiger partial charge in [-0.3, -0.25) is 9.78 Å². The number of nitrogens with zero attached hydrogens (tertiary/aromatic N) is 1. The summed E-state index contributed by atoms with van der Waals surface area (Å²) in [5.74, 6) is 0.0452. The molecule has 0 atom stereocenters. The number of benzene rings is 2. The number of anilines is 1. The number of halogens is 1. The van der Waals surface area contributed by atoms with Gasteiger partial charge in [-0.1, -0.05) is 41.9 Å². The number of aliphatic hydroxyl groups excluding tert-OH is 1. The number of nitrogens with one attached hydrogen (secondary N) is 1. The van der Waals surface area contributed by atoms with Crippen molar-refractivity contribution in [3.8, 4) is 17.0 Å². The second kappa shape index (κ2) is 10.6. The Kier molecular flexibility index (Phi) is 7.51. The maximum atomic E-state index is 13.0. The van der Waals surface area contributed by atoms with Crippen molar-refractivity contribution in [3.05, 3.63) is 93.3 Å². The lowest BCUT2D eigenvalue weighted by molar-refractivity contribution is 0.103. The van der Waals surface area contributed by atoms with Crippen LogP contribution in [0.2, 0.25) is 5.02 Å². The van der Waals surface area contributed by atoms with E-state index in [0.29, 0.717) is 33.4 Å². The molecule has 0 spiro atoms. The molecule has 7 nitrogen and oxygen atoms in total. The average molecular weight is 529 g/mol. The molecule has 1 amide bonds. The van der Waals surface area contributed by atoms with Gasteiger partial charge in [0.05, 0.1) is 16.4 Å². The molecule has 0 fully saturated rings. The first-order valence-corrected chi connectivity index (χ1v) is 13.5. The van der Waals surface area contributed by atoms with Gasteiger partial charge in [-0.25, -0.2) is 8.42 Å². The molecular formula is C25H21ClN2O5S2. The molecule has 0 aliphatic rings. The number of aliphatic hydroxyl groups is 1. The zero-order valence-electron chi connectivity index (χ0n) is 18.6. The number of pyridine rings is 1. The smallest absolute Gasteiger partial charge is 0.265 e. The number of hydrogen-bond donors (Lipinski definition) is 2. The van der Waals surface area contributed by atoms with Gasteiger partial charge in [0, 0.05) is 33.6 Å². The quantitative estimate of drug-likeness (QED) is 0.326. The van der Waals surface area contributed by atoms with Crippen molar-refractivity contribution in [1.82, 2.24) is 4.98 Å². The minimum Gasteiger partial charge on any atom is -0.487 e. The van der Waals surface area contributed by atoms with E-state index in [1.165, 1.54) is 18.2 Å². The van der Waals surface area contributed by atoms with Crippen molar-refractivity contribution in [2.24, 2.45) is 0 Å². The Morgan fingerprint density at radius 1 is 1.11 bits per heavy atom. The van der Waals surface area contributed by atoms with Crippen LogP contribution < -0.4 is 10.1 Å².